The van der Waals surface area contributed by atoms with Gasteiger partial charge in [-0.05, 0) is 12.2 Å². The predicted molar refractivity (Wildman–Crippen MR) is 35.4 cm³/mol. The minimum Gasteiger partial charge on any atom is -0.368 e. The molecule has 0 atom stereocenters. The van der Waals surface area contributed by atoms with Crippen LogP contribution in [0.15, 0.2) is 36.7 Å². The number of hydrogen-bond acceptors (Lipinski definition) is 2. The highest BCUT2D eigenvalue weighted by molar-refractivity contribution is 5.14. The van der Waals surface area contributed by atoms with Crippen LogP contribution < -0.4 is 11.2 Å². The van der Waals surface area contributed by atoms with E-state index in [2.05, 4.69) is 11.2 Å². The number of hydrogen-bond donors (Lipinski definition) is 2. The molecular formula is C6H9N2O. The third-order valence-electron chi connectivity index (χ3n) is 0.718. The van der Waals surface area contributed by atoms with Crippen LogP contribution in [0.2, 0.25) is 0 Å². The summed E-state index contributed by atoms with van der Waals surface area (Å²) in [5.74, 6) is 3.25. The van der Waals surface area contributed by atoms with E-state index in [0.29, 0.717) is 0 Å². The molecule has 49 valence electrons. The average molecular weight is 125 g/mol. The Morgan fingerprint density at radius 3 is 1.78 bits per heavy atom. The molecular weight excluding hydrogens is 116 g/mol. The van der Waals surface area contributed by atoms with Crippen molar-refractivity contribution >= 4 is 0 Å². The zero-order valence-electron chi connectivity index (χ0n) is 4.95. The Morgan fingerprint density at radius 2 is 1.33 bits per heavy atom. The average Bonchev–Trinajstić information content (AvgIpc) is 2.21. The minimum atomic E-state index is 1.88. The molecule has 9 heavy (non-hydrogen) atoms. The second-order valence-corrected chi connectivity index (χ2v) is 1.27. The Hall–Kier alpha value is -1.06. The van der Waals surface area contributed by atoms with Gasteiger partial charge in [-0.1, -0.05) is 12.2 Å². The topological polar surface area (TPSA) is 57.9 Å². The van der Waals surface area contributed by atoms with Crippen LogP contribution in [0.25, 0.3) is 0 Å². The summed E-state index contributed by atoms with van der Waals surface area (Å²) < 4.78 is 0. The molecule has 1 heterocycles. The van der Waals surface area contributed by atoms with E-state index < -0.39 is 0 Å². The van der Waals surface area contributed by atoms with Crippen molar-refractivity contribution in [2.75, 3.05) is 0 Å². The number of rotatable bonds is 0. The number of nitrogens with one attached hydrogen (secondary N) is 1. The normalized spacial score (nSPS) is 13.1. The lowest BCUT2D eigenvalue weighted by atomic mass is 10.5. The van der Waals surface area contributed by atoms with Crippen molar-refractivity contribution in [1.82, 2.24) is 5.32 Å². The van der Waals surface area contributed by atoms with Crippen molar-refractivity contribution in [1.29, 1.82) is 0 Å². The van der Waals surface area contributed by atoms with E-state index in [1.807, 2.05) is 36.7 Å². The molecule has 3 heteroatoms. The Labute approximate surface area is 54.1 Å². The van der Waals surface area contributed by atoms with Crippen LogP contribution in [0, 0.1) is 0 Å². The maximum absolute atomic E-state index is 7.75. The molecule has 1 aliphatic rings. The highest BCUT2D eigenvalue weighted by atomic mass is 16.4. The highest BCUT2D eigenvalue weighted by Crippen LogP contribution is 1.81. The summed E-state index contributed by atoms with van der Waals surface area (Å²) in [4.78, 5) is 0. The van der Waals surface area contributed by atoms with Crippen molar-refractivity contribution in [3.8, 4) is 0 Å². The molecule has 0 amide bonds. The van der Waals surface area contributed by atoms with Crippen molar-refractivity contribution in [2.24, 2.45) is 5.90 Å². The van der Waals surface area contributed by atoms with Gasteiger partial charge in [0.2, 0.25) is 0 Å². The van der Waals surface area contributed by atoms with Crippen molar-refractivity contribution in [2.45, 2.75) is 0 Å². The van der Waals surface area contributed by atoms with Gasteiger partial charge in [0.15, 0.2) is 0 Å². The molecule has 3 N–H and O–H groups in total. The lowest BCUT2D eigenvalue weighted by Crippen LogP contribution is -1.87. The van der Waals surface area contributed by atoms with Crippen molar-refractivity contribution in [3.05, 3.63) is 36.7 Å². The largest absolute Gasteiger partial charge is 0.368 e. The zero-order chi connectivity index (χ0) is 6.95. The first-order valence-electron chi connectivity index (χ1n) is 2.48. The zero-order valence-corrected chi connectivity index (χ0v) is 4.95. The molecule has 0 bridgehead atoms. The summed E-state index contributed by atoms with van der Waals surface area (Å²) in [6, 6.07) is 0. The Kier molecular flexibility index (Phi) is 6.12. The highest BCUT2D eigenvalue weighted by Gasteiger charge is 1.67. The van der Waals surface area contributed by atoms with Crippen LogP contribution in [0.4, 0.5) is 0 Å². The van der Waals surface area contributed by atoms with E-state index in [-0.39, 0.29) is 0 Å². The smallest absolute Gasteiger partial charge is 0.000442 e. The quantitative estimate of drug-likeness (QED) is 0.462. The molecule has 0 aromatic rings. The molecule has 0 aromatic heterocycles. The van der Waals surface area contributed by atoms with Crippen LogP contribution in [0.5, 0.6) is 0 Å². The van der Waals surface area contributed by atoms with E-state index in [4.69, 9.17) is 5.21 Å². The van der Waals surface area contributed by atoms with Gasteiger partial charge in [0.25, 0.3) is 0 Å². The molecule has 0 saturated heterocycles. The van der Waals surface area contributed by atoms with Gasteiger partial charge >= 0.3 is 0 Å². The minimum absolute atomic E-state index is 1.88. The summed E-state index contributed by atoms with van der Waals surface area (Å²) in [6.07, 6.45) is 11.6. The van der Waals surface area contributed by atoms with Crippen molar-refractivity contribution in [3.63, 3.8) is 0 Å². The van der Waals surface area contributed by atoms with Gasteiger partial charge in [-0.2, -0.15) is 5.90 Å². The fourth-order valence-corrected chi connectivity index (χ4v) is 0.406. The molecule has 0 fully saturated rings. The molecule has 1 rings (SSSR count). The second kappa shape index (κ2) is 6.94. The van der Waals surface area contributed by atoms with Gasteiger partial charge in [0.05, 0.1) is 0 Å². The first-order chi connectivity index (χ1) is 4.50. The fraction of sp³-hybridized carbons (Fsp3) is 0. The van der Waals surface area contributed by atoms with E-state index >= 15 is 0 Å². The summed E-state index contributed by atoms with van der Waals surface area (Å²) in [7, 11) is 0. The third-order valence-corrected chi connectivity index (χ3v) is 0.718. The van der Waals surface area contributed by atoms with E-state index in [1.54, 1.807) is 0 Å². The third kappa shape index (κ3) is 4.80. The monoisotopic (exact) mass is 125 g/mol. The maximum atomic E-state index is 7.75. The molecule has 0 aromatic carbocycles. The van der Waals surface area contributed by atoms with E-state index in [0.717, 1.165) is 0 Å². The van der Waals surface area contributed by atoms with Gasteiger partial charge in [-0.3, -0.25) is 0 Å². The van der Waals surface area contributed by atoms with Crippen LogP contribution in [0.1, 0.15) is 0 Å². The van der Waals surface area contributed by atoms with E-state index in [1.165, 1.54) is 0 Å². The first-order valence-corrected chi connectivity index (χ1v) is 2.48. The first kappa shape index (κ1) is 7.94. The van der Waals surface area contributed by atoms with Gasteiger partial charge in [-0.15, -0.1) is 5.21 Å². The Balaban J connectivity index is 0.000000291. The summed E-state index contributed by atoms with van der Waals surface area (Å²) in [5, 5.41) is 10.7. The second-order valence-electron chi connectivity index (χ2n) is 1.27. The standard InChI is InChI=1S/C6H7N.H2NO/c1-2-4-6-7-5-3-1;1-2/h1-7H;1H2. The molecule has 1 radical (unpaired) electrons. The number of allylic oxidation sites excluding steroid dienone is 4. The Morgan fingerprint density at radius 1 is 0.889 bits per heavy atom. The van der Waals surface area contributed by atoms with E-state index in [9.17, 15) is 0 Å². The molecule has 0 spiro atoms. The summed E-state index contributed by atoms with van der Waals surface area (Å²) in [6.45, 7) is 0. The Bertz CT molecular complexity index is 113. The molecule has 0 unspecified atom stereocenters. The van der Waals surface area contributed by atoms with Crippen LogP contribution >= 0.6 is 0 Å². The summed E-state index contributed by atoms with van der Waals surface area (Å²) >= 11 is 0. The van der Waals surface area contributed by atoms with Gasteiger partial charge in [0, 0.05) is 12.4 Å². The van der Waals surface area contributed by atoms with Gasteiger partial charge in [0.1, 0.15) is 0 Å². The fourth-order valence-electron chi connectivity index (χ4n) is 0.406. The van der Waals surface area contributed by atoms with Gasteiger partial charge < -0.3 is 5.32 Å². The van der Waals surface area contributed by atoms with Gasteiger partial charge in [-0.25, -0.2) is 0 Å². The maximum Gasteiger partial charge on any atom is 0.000442 e. The van der Waals surface area contributed by atoms with Crippen molar-refractivity contribution < 1.29 is 5.21 Å². The molecule has 0 saturated carbocycles. The summed E-state index contributed by atoms with van der Waals surface area (Å²) in [5.41, 5.74) is 0. The van der Waals surface area contributed by atoms with Crippen LogP contribution in [-0.4, -0.2) is 0 Å². The molecule has 1 aliphatic heterocycles. The molecule has 3 nitrogen and oxygen atoms in total. The van der Waals surface area contributed by atoms with Crippen LogP contribution in [0.3, 0.4) is 0 Å². The number of nitrogens with two attached hydrogens (primary N) is 1. The lowest BCUT2D eigenvalue weighted by molar-refractivity contribution is 0.201. The lowest BCUT2D eigenvalue weighted by Gasteiger charge is -1.79. The van der Waals surface area contributed by atoms with Crippen LogP contribution in [-0.2, 0) is 5.21 Å². The molecule has 0 aliphatic carbocycles. The SMILES string of the molecule is C1=CC=CNC=C1.N[O]. The predicted octanol–water partition coefficient (Wildman–Crippen LogP) is 0.464.